The monoisotopic (exact) mass is 344 g/mol. The van der Waals surface area contributed by atoms with E-state index in [-0.39, 0.29) is 4.83 Å². The molecule has 0 amide bonds. The standard InChI is InChI=1S/C18H14BrCl/c1-12-10-11-13-6-2-3-7-14(13)17(12)18(19)15-8-4-5-9-16(15)20/h2-11,18H,1H3. The maximum absolute atomic E-state index is 6.34. The molecule has 0 aliphatic carbocycles. The van der Waals surface area contributed by atoms with Crippen molar-refractivity contribution < 1.29 is 0 Å². The van der Waals surface area contributed by atoms with Gasteiger partial charge in [0.05, 0.1) is 4.83 Å². The molecule has 0 aromatic heterocycles. The predicted molar refractivity (Wildman–Crippen MR) is 90.9 cm³/mol. The fraction of sp³-hybridized carbons (Fsp3) is 0.111. The predicted octanol–water partition coefficient (Wildman–Crippen LogP) is 6.29. The number of rotatable bonds is 2. The normalized spacial score (nSPS) is 12.6. The smallest absolute Gasteiger partial charge is 0.0667 e. The van der Waals surface area contributed by atoms with Crippen molar-refractivity contribution in [1.82, 2.24) is 0 Å². The van der Waals surface area contributed by atoms with Crippen LogP contribution < -0.4 is 0 Å². The van der Waals surface area contributed by atoms with Gasteiger partial charge in [0.1, 0.15) is 0 Å². The molecule has 3 rings (SSSR count). The number of fused-ring (bicyclic) bond motifs is 1. The van der Waals surface area contributed by atoms with Gasteiger partial charge in [0.2, 0.25) is 0 Å². The average molecular weight is 346 g/mol. The van der Waals surface area contributed by atoms with Gasteiger partial charge in [-0.05, 0) is 40.5 Å². The van der Waals surface area contributed by atoms with Crippen molar-refractivity contribution in [3.63, 3.8) is 0 Å². The second-order valence-corrected chi connectivity index (χ2v) is 6.22. The molecule has 0 heterocycles. The first-order valence-electron chi connectivity index (χ1n) is 6.55. The van der Waals surface area contributed by atoms with Crippen LogP contribution in [0.5, 0.6) is 0 Å². The van der Waals surface area contributed by atoms with Crippen molar-refractivity contribution in [3.8, 4) is 0 Å². The van der Waals surface area contributed by atoms with Crippen molar-refractivity contribution in [3.05, 3.63) is 82.4 Å². The molecule has 0 saturated carbocycles. The number of hydrogen-bond donors (Lipinski definition) is 0. The maximum Gasteiger partial charge on any atom is 0.0667 e. The molecule has 1 unspecified atom stereocenters. The zero-order chi connectivity index (χ0) is 14.1. The summed E-state index contributed by atoms with van der Waals surface area (Å²) < 4.78 is 0. The van der Waals surface area contributed by atoms with Crippen LogP contribution in [0.15, 0.2) is 60.7 Å². The third-order valence-corrected chi connectivity index (χ3v) is 4.92. The molecule has 0 nitrogen and oxygen atoms in total. The van der Waals surface area contributed by atoms with Gasteiger partial charge in [-0.3, -0.25) is 0 Å². The Morgan fingerprint density at radius 3 is 2.40 bits per heavy atom. The highest BCUT2D eigenvalue weighted by Gasteiger charge is 2.17. The summed E-state index contributed by atoms with van der Waals surface area (Å²) in [5, 5.41) is 3.32. The molecule has 3 aromatic carbocycles. The zero-order valence-electron chi connectivity index (χ0n) is 11.1. The first-order chi connectivity index (χ1) is 9.68. The highest BCUT2D eigenvalue weighted by Crippen LogP contribution is 2.40. The van der Waals surface area contributed by atoms with E-state index < -0.39 is 0 Å². The van der Waals surface area contributed by atoms with E-state index >= 15 is 0 Å². The maximum atomic E-state index is 6.34. The molecular formula is C18H14BrCl. The van der Waals surface area contributed by atoms with E-state index in [1.54, 1.807) is 0 Å². The molecule has 3 aromatic rings. The number of benzene rings is 3. The van der Waals surface area contributed by atoms with E-state index in [2.05, 4.69) is 65.3 Å². The molecule has 0 radical (unpaired) electrons. The van der Waals surface area contributed by atoms with Crippen LogP contribution in [0, 0.1) is 6.92 Å². The topological polar surface area (TPSA) is 0 Å². The molecule has 0 fully saturated rings. The lowest BCUT2D eigenvalue weighted by Gasteiger charge is -2.17. The first-order valence-corrected chi connectivity index (χ1v) is 7.84. The Balaban J connectivity index is 2.24. The lowest BCUT2D eigenvalue weighted by Crippen LogP contribution is -1.98. The van der Waals surface area contributed by atoms with Crippen molar-refractivity contribution in [2.75, 3.05) is 0 Å². The second-order valence-electron chi connectivity index (χ2n) is 4.90. The molecular weight excluding hydrogens is 332 g/mol. The van der Waals surface area contributed by atoms with Gasteiger partial charge >= 0.3 is 0 Å². The number of aryl methyl sites for hydroxylation is 1. The van der Waals surface area contributed by atoms with Crippen LogP contribution in [0.2, 0.25) is 5.02 Å². The first kappa shape index (κ1) is 13.7. The summed E-state index contributed by atoms with van der Waals surface area (Å²) >= 11 is 10.2. The summed E-state index contributed by atoms with van der Waals surface area (Å²) in [4.78, 5) is 0.0994. The van der Waals surface area contributed by atoms with Gasteiger partial charge in [0.15, 0.2) is 0 Å². The molecule has 0 spiro atoms. The van der Waals surface area contributed by atoms with Crippen molar-refractivity contribution in [1.29, 1.82) is 0 Å². The summed E-state index contributed by atoms with van der Waals surface area (Å²) in [7, 11) is 0. The third kappa shape index (κ3) is 2.36. The Hall–Kier alpha value is -1.31. The van der Waals surface area contributed by atoms with Crippen molar-refractivity contribution in [2.24, 2.45) is 0 Å². The minimum absolute atomic E-state index is 0.0994. The van der Waals surface area contributed by atoms with Gasteiger partial charge in [-0.1, -0.05) is 82.1 Å². The van der Waals surface area contributed by atoms with Crippen LogP contribution in [0.4, 0.5) is 0 Å². The quantitative estimate of drug-likeness (QED) is 0.479. The Morgan fingerprint density at radius 1 is 0.900 bits per heavy atom. The van der Waals surface area contributed by atoms with Crippen LogP contribution in [-0.2, 0) is 0 Å². The highest BCUT2D eigenvalue weighted by molar-refractivity contribution is 9.09. The van der Waals surface area contributed by atoms with E-state index in [1.165, 1.54) is 21.9 Å². The molecule has 2 heteroatoms. The van der Waals surface area contributed by atoms with E-state index in [0.29, 0.717) is 0 Å². The average Bonchev–Trinajstić information content (AvgIpc) is 2.47. The van der Waals surface area contributed by atoms with Crippen LogP contribution in [-0.4, -0.2) is 0 Å². The summed E-state index contributed by atoms with van der Waals surface area (Å²) in [6, 6.07) is 20.8. The van der Waals surface area contributed by atoms with Gasteiger partial charge < -0.3 is 0 Å². The second kappa shape index (κ2) is 5.59. The number of halogens is 2. The molecule has 0 aliphatic rings. The SMILES string of the molecule is Cc1ccc2ccccc2c1C(Br)c1ccccc1Cl. The number of hydrogen-bond acceptors (Lipinski definition) is 0. The summed E-state index contributed by atoms with van der Waals surface area (Å²) in [6.07, 6.45) is 0. The van der Waals surface area contributed by atoms with Gasteiger partial charge in [-0.25, -0.2) is 0 Å². The molecule has 0 N–H and O–H groups in total. The fourth-order valence-corrected chi connectivity index (χ4v) is 3.96. The molecule has 1 atom stereocenters. The summed E-state index contributed by atoms with van der Waals surface area (Å²) in [5.41, 5.74) is 3.66. The molecule has 0 aliphatic heterocycles. The molecule has 0 bridgehead atoms. The van der Waals surface area contributed by atoms with Crippen molar-refractivity contribution >= 4 is 38.3 Å². The minimum atomic E-state index is 0.0994. The number of alkyl halides is 1. The van der Waals surface area contributed by atoms with Crippen LogP contribution in [0.25, 0.3) is 10.8 Å². The third-order valence-electron chi connectivity index (χ3n) is 3.62. The van der Waals surface area contributed by atoms with E-state index in [1.807, 2.05) is 18.2 Å². The summed E-state index contributed by atoms with van der Waals surface area (Å²) in [5.74, 6) is 0. The lowest BCUT2D eigenvalue weighted by atomic mass is 9.94. The minimum Gasteiger partial charge on any atom is -0.0840 e. The highest BCUT2D eigenvalue weighted by atomic mass is 79.9. The van der Waals surface area contributed by atoms with Crippen LogP contribution in [0.1, 0.15) is 21.5 Å². The largest absolute Gasteiger partial charge is 0.0840 e. The van der Waals surface area contributed by atoms with Crippen molar-refractivity contribution in [2.45, 2.75) is 11.8 Å². The molecule has 20 heavy (non-hydrogen) atoms. The van der Waals surface area contributed by atoms with Gasteiger partial charge in [0, 0.05) is 5.02 Å². The fourth-order valence-electron chi connectivity index (χ4n) is 2.58. The Labute approximate surface area is 132 Å². The summed E-state index contributed by atoms with van der Waals surface area (Å²) in [6.45, 7) is 2.15. The van der Waals surface area contributed by atoms with E-state index in [4.69, 9.17) is 11.6 Å². The lowest BCUT2D eigenvalue weighted by molar-refractivity contribution is 1.16. The van der Waals surface area contributed by atoms with Gasteiger partial charge in [-0.15, -0.1) is 0 Å². The van der Waals surface area contributed by atoms with E-state index in [0.717, 1.165) is 10.6 Å². The van der Waals surface area contributed by atoms with Crippen LogP contribution in [0.3, 0.4) is 0 Å². The Bertz CT molecular complexity index is 764. The molecule has 0 saturated heterocycles. The van der Waals surface area contributed by atoms with Gasteiger partial charge in [-0.2, -0.15) is 0 Å². The van der Waals surface area contributed by atoms with Gasteiger partial charge in [0.25, 0.3) is 0 Å². The Morgan fingerprint density at radius 2 is 1.60 bits per heavy atom. The van der Waals surface area contributed by atoms with Crippen LogP contribution >= 0.6 is 27.5 Å². The van der Waals surface area contributed by atoms with E-state index in [9.17, 15) is 0 Å². The molecule has 100 valence electrons. The Kier molecular flexibility index (Phi) is 3.82. The zero-order valence-corrected chi connectivity index (χ0v) is 13.4.